The van der Waals surface area contributed by atoms with Gasteiger partial charge in [-0.3, -0.25) is 4.79 Å². The van der Waals surface area contributed by atoms with Gasteiger partial charge in [-0.2, -0.15) is 13.2 Å². The van der Waals surface area contributed by atoms with Crippen LogP contribution in [0.2, 0.25) is 5.02 Å². The number of piperidine rings is 1. The van der Waals surface area contributed by atoms with E-state index in [2.05, 4.69) is 5.32 Å². The second-order valence-electron chi connectivity index (χ2n) is 7.20. The number of benzene rings is 2. The molecule has 0 radical (unpaired) electrons. The predicted octanol–water partition coefficient (Wildman–Crippen LogP) is 4.68. The van der Waals surface area contributed by atoms with Crippen molar-refractivity contribution < 1.29 is 30.8 Å². The zero-order chi connectivity index (χ0) is 22.8. The highest BCUT2D eigenvalue weighted by molar-refractivity contribution is 7.88. The van der Waals surface area contributed by atoms with E-state index in [-0.39, 0.29) is 37.2 Å². The summed E-state index contributed by atoms with van der Waals surface area (Å²) in [6.45, 7) is 0.118. The van der Waals surface area contributed by atoms with Crippen molar-refractivity contribution in [2.45, 2.75) is 24.8 Å². The first kappa shape index (κ1) is 23.5. The number of alkyl halides is 3. The SMILES string of the molecule is O=C(Nc1ccc(Cl)c(C(F)(F)F)c1)C1CCN(S(=O)(=O)Cc2ccccc2F)CC1. The average Bonchev–Trinajstić information content (AvgIpc) is 2.70. The van der Waals surface area contributed by atoms with Crippen LogP contribution >= 0.6 is 11.6 Å². The van der Waals surface area contributed by atoms with E-state index in [1.165, 1.54) is 28.6 Å². The van der Waals surface area contributed by atoms with E-state index in [4.69, 9.17) is 11.6 Å². The summed E-state index contributed by atoms with van der Waals surface area (Å²) in [5, 5.41) is 1.96. The molecule has 1 heterocycles. The average molecular weight is 479 g/mol. The van der Waals surface area contributed by atoms with Crippen LogP contribution in [0.3, 0.4) is 0 Å². The van der Waals surface area contributed by atoms with Gasteiger partial charge >= 0.3 is 6.18 Å². The van der Waals surface area contributed by atoms with Crippen molar-refractivity contribution in [3.8, 4) is 0 Å². The fourth-order valence-corrected chi connectivity index (χ4v) is 5.17. The summed E-state index contributed by atoms with van der Waals surface area (Å²) in [7, 11) is -3.77. The smallest absolute Gasteiger partial charge is 0.326 e. The van der Waals surface area contributed by atoms with Crippen LogP contribution < -0.4 is 5.32 Å². The Balaban J connectivity index is 1.61. The second-order valence-corrected chi connectivity index (χ2v) is 9.58. The molecule has 0 saturated carbocycles. The Morgan fingerprint density at radius 1 is 1.13 bits per heavy atom. The Kier molecular flexibility index (Phi) is 6.92. The molecule has 3 rings (SSSR count). The summed E-state index contributed by atoms with van der Waals surface area (Å²) >= 11 is 5.57. The molecular formula is C20H19ClF4N2O3S. The normalized spacial score (nSPS) is 16.3. The first-order valence-corrected chi connectivity index (χ1v) is 11.3. The highest BCUT2D eigenvalue weighted by Gasteiger charge is 2.34. The van der Waals surface area contributed by atoms with Crippen molar-refractivity contribution in [1.82, 2.24) is 4.31 Å². The molecule has 1 N–H and O–H groups in total. The summed E-state index contributed by atoms with van der Waals surface area (Å²) in [6, 6.07) is 8.67. The van der Waals surface area contributed by atoms with Crippen molar-refractivity contribution in [3.63, 3.8) is 0 Å². The standard InChI is InChI=1S/C20H19ClF4N2O3S/c21-17-6-5-15(11-16(17)20(23,24)25)26-19(28)13-7-9-27(10-8-13)31(29,30)12-14-3-1-2-4-18(14)22/h1-6,11,13H,7-10,12H2,(H,26,28). The maximum atomic E-state index is 13.8. The fraction of sp³-hybridized carbons (Fsp3) is 0.350. The lowest BCUT2D eigenvalue weighted by Gasteiger charge is -2.30. The van der Waals surface area contributed by atoms with Gasteiger partial charge in [-0.25, -0.2) is 17.1 Å². The molecule has 0 aromatic heterocycles. The molecule has 1 aliphatic heterocycles. The number of amides is 1. The van der Waals surface area contributed by atoms with Gasteiger partial charge in [0, 0.05) is 30.3 Å². The number of carbonyl (C=O) groups excluding carboxylic acids is 1. The van der Waals surface area contributed by atoms with E-state index < -0.39 is 50.2 Å². The summed E-state index contributed by atoms with van der Waals surface area (Å²) in [5.74, 6) is -2.16. The lowest BCUT2D eigenvalue weighted by atomic mass is 9.97. The summed E-state index contributed by atoms with van der Waals surface area (Å²) < 4.78 is 79.1. The van der Waals surface area contributed by atoms with Gasteiger partial charge in [-0.05, 0) is 37.1 Å². The summed E-state index contributed by atoms with van der Waals surface area (Å²) in [4.78, 5) is 12.5. The quantitative estimate of drug-likeness (QED) is 0.635. The lowest BCUT2D eigenvalue weighted by molar-refractivity contribution is -0.137. The third-order valence-electron chi connectivity index (χ3n) is 5.05. The van der Waals surface area contributed by atoms with Gasteiger partial charge in [0.15, 0.2) is 0 Å². The Morgan fingerprint density at radius 3 is 2.39 bits per heavy atom. The molecule has 1 saturated heterocycles. The van der Waals surface area contributed by atoms with E-state index in [1.54, 1.807) is 6.07 Å². The third kappa shape index (κ3) is 5.75. The van der Waals surface area contributed by atoms with Crippen LogP contribution in [-0.4, -0.2) is 31.7 Å². The van der Waals surface area contributed by atoms with Crippen LogP contribution in [0.5, 0.6) is 0 Å². The second kappa shape index (κ2) is 9.13. The molecule has 0 bridgehead atoms. The van der Waals surface area contributed by atoms with Gasteiger partial charge in [-0.1, -0.05) is 29.8 Å². The number of rotatable bonds is 5. The molecule has 11 heteroatoms. The van der Waals surface area contributed by atoms with Crippen molar-refractivity contribution in [2.24, 2.45) is 5.92 Å². The molecule has 5 nitrogen and oxygen atoms in total. The highest BCUT2D eigenvalue weighted by Crippen LogP contribution is 2.36. The van der Waals surface area contributed by atoms with Crippen LogP contribution in [-0.2, 0) is 26.7 Å². The monoisotopic (exact) mass is 478 g/mol. The number of nitrogens with one attached hydrogen (secondary N) is 1. The molecule has 0 atom stereocenters. The summed E-state index contributed by atoms with van der Waals surface area (Å²) in [6.07, 6.45) is -4.26. The number of halogens is 5. The molecule has 31 heavy (non-hydrogen) atoms. The number of nitrogens with zero attached hydrogens (tertiary/aromatic N) is 1. The van der Waals surface area contributed by atoms with Gasteiger partial charge < -0.3 is 5.32 Å². The molecule has 1 fully saturated rings. The first-order valence-electron chi connectivity index (χ1n) is 9.36. The van der Waals surface area contributed by atoms with Gasteiger partial charge in [0.25, 0.3) is 0 Å². The first-order chi connectivity index (χ1) is 14.5. The molecule has 2 aromatic rings. The molecule has 0 aliphatic carbocycles. The van der Waals surface area contributed by atoms with E-state index >= 15 is 0 Å². The Bertz CT molecular complexity index is 1070. The molecule has 1 amide bonds. The van der Waals surface area contributed by atoms with Crippen molar-refractivity contribution in [2.75, 3.05) is 18.4 Å². The maximum absolute atomic E-state index is 13.8. The van der Waals surface area contributed by atoms with Crippen molar-refractivity contribution >= 4 is 33.2 Å². The van der Waals surface area contributed by atoms with Gasteiger partial charge in [-0.15, -0.1) is 0 Å². The van der Waals surface area contributed by atoms with Crippen LogP contribution in [0, 0.1) is 11.7 Å². The number of sulfonamides is 1. The van der Waals surface area contributed by atoms with Crippen LogP contribution in [0.15, 0.2) is 42.5 Å². The molecule has 0 unspecified atom stereocenters. The molecular weight excluding hydrogens is 460 g/mol. The van der Waals surface area contributed by atoms with E-state index in [9.17, 15) is 30.8 Å². The number of anilines is 1. The van der Waals surface area contributed by atoms with Gasteiger partial charge in [0.05, 0.1) is 16.3 Å². The molecule has 0 spiro atoms. The van der Waals surface area contributed by atoms with E-state index in [1.807, 2.05) is 0 Å². The largest absolute Gasteiger partial charge is 0.417 e. The third-order valence-corrected chi connectivity index (χ3v) is 7.21. The van der Waals surface area contributed by atoms with Gasteiger partial charge in [0.2, 0.25) is 15.9 Å². The van der Waals surface area contributed by atoms with Gasteiger partial charge in [0.1, 0.15) is 5.82 Å². The molecule has 1 aliphatic rings. The topological polar surface area (TPSA) is 66.5 Å². The molecule has 168 valence electrons. The Labute approximate surface area is 182 Å². The zero-order valence-electron chi connectivity index (χ0n) is 16.1. The lowest BCUT2D eigenvalue weighted by Crippen LogP contribution is -2.42. The summed E-state index contributed by atoms with van der Waals surface area (Å²) in [5.41, 5.74) is -1.04. The number of hydrogen-bond donors (Lipinski definition) is 1. The number of hydrogen-bond acceptors (Lipinski definition) is 3. The maximum Gasteiger partial charge on any atom is 0.417 e. The van der Waals surface area contributed by atoms with Crippen LogP contribution in [0.25, 0.3) is 0 Å². The zero-order valence-corrected chi connectivity index (χ0v) is 17.7. The van der Waals surface area contributed by atoms with Crippen molar-refractivity contribution in [3.05, 3.63) is 64.4 Å². The minimum Gasteiger partial charge on any atom is -0.326 e. The predicted molar refractivity (Wildman–Crippen MR) is 108 cm³/mol. The fourth-order valence-electron chi connectivity index (χ4n) is 3.36. The van der Waals surface area contributed by atoms with Crippen molar-refractivity contribution in [1.29, 1.82) is 0 Å². The Morgan fingerprint density at radius 2 is 1.77 bits per heavy atom. The van der Waals surface area contributed by atoms with E-state index in [0.29, 0.717) is 0 Å². The highest BCUT2D eigenvalue weighted by atomic mass is 35.5. The molecule has 2 aromatic carbocycles. The minimum absolute atomic E-state index is 0.0451. The Hall–Kier alpha value is -2.17. The van der Waals surface area contributed by atoms with Crippen LogP contribution in [0.4, 0.5) is 23.2 Å². The number of carbonyl (C=O) groups is 1. The van der Waals surface area contributed by atoms with Crippen LogP contribution in [0.1, 0.15) is 24.0 Å². The minimum atomic E-state index is -4.66. The van der Waals surface area contributed by atoms with E-state index in [0.717, 1.165) is 12.1 Å².